The Morgan fingerprint density at radius 1 is 1.44 bits per heavy atom. The van der Waals surface area contributed by atoms with Gasteiger partial charge in [-0.3, -0.25) is 0 Å². The summed E-state index contributed by atoms with van der Waals surface area (Å²) in [5, 5.41) is 3.27. The Bertz CT molecular complexity index is 527. The molecule has 0 saturated heterocycles. The van der Waals surface area contributed by atoms with Gasteiger partial charge < -0.3 is 9.73 Å². The Hall–Kier alpha value is -0.400. The van der Waals surface area contributed by atoms with Crippen LogP contribution in [0.2, 0.25) is 0 Å². The van der Waals surface area contributed by atoms with Crippen molar-refractivity contribution in [3.8, 4) is 11.3 Å². The van der Waals surface area contributed by atoms with Crippen LogP contribution in [0.25, 0.3) is 11.3 Å². The van der Waals surface area contributed by atoms with Crippen LogP contribution in [0, 0.1) is 3.57 Å². The summed E-state index contributed by atoms with van der Waals surface area (Å²) in [7, 11) is 0. The first kappa shape index (κ1) is 14.0. The highest BCUT2D eigenvalue weighted by Crippen LogP contribution is 2.30. The average molecular weight is 421 g/mol. The van der Waals surface area contributed by atoms with Gasteiger partial charge in [0.2, 0.25) is 5.89 Å². The Kier molecular flexibility index (Phi) is 5.20. The van der Waals surface area contributed by atoms with Gasteiger partial charge in [0.15, 0.2) is 5.76 Å². The molecule has 0 saturated carbocycles. The van der Waals surface area contributed by atoms with Crippen LogP contribution >= 0.6 is 38.5 Å². The Balaban J connectivity index is 2.16. The number of hydrogen-bond donors (Lipinski definition) is 1. The van der Waals surface area contributed by atoms with Crippen LogP contribution in [-0.4, -0.2) is 11.5 Å². The van der Waals surface area contributed by atoms with Gasteiger partial charge in [-0.2, -0.15) is 0 Å². The molecule has 2 aromatic rings. The summed E-state index contributed by atoms with van der Waals surface area (Å²) in [6.45, 7) is 3.79. The fourth-order valence-electron chi connectivity index (χ4n) is 1.57. The number of benzene rings is 1. The monoisotopic (exact) mass is 420 g/mol. The summed E-state index contributed by atoms with van der Waals surface area (Å²) < 4.78 is 7.94. The lowest BCUT2D eigenvalue weighted by Crippen LogP contribution is -2.13. The normalized spacial score (nSPS) is 10.8. The molecule has 0 aliphatic rings. The highest BCUT2D eigenvalue weighted by Gasteiger charge is 2.09. The smallest absolute Gasteiger partial charge is 0.208 e. The van der Waals surface area contributed by atoms with Crippen molar-refractivity contribution in [3.05, 3.63) is 38.3 Å². The van der Waals surface area contributed by atoms with E-state index in [2.05, 4.69) is 61.8 Å². The maximum absolute atomic E-state index is 5.75. The molecule has 5 heteroatoms. The molecule has 3 nitrogen and oxygen atoms in total. The van der Waals surface area contributed by atoms with Crippen LogP contribution in [0.4, 0.5) is 0 Å². The number of halogens is 2. The first-order valence-corrected chi connectivity index (χ1v) is 7.68. The molecule has 1 aromatic heterocycles. The zero-order valence-corrected chi connectivity index (χ0v) is 13.8. The molecule has 0 fully saturated rings. The van der Waals surface area contributed by atoms with E-state index in [1.54, 1.807) is 6.20 Å². The molecule has 1 heterocycles. The number of rotatable bonds is 5. The quantitative estimate of drug-likeness (QED) is 0.581. The van der Waals surface area contributed by atoms with E-state index < -0.39 is 0 Å². The van der Waals surface area contributed by atoms with Crippen molar-refractivity contribution >= 4 is 38.5 Å². The summed E-state index contributed by atoms with van der Waals surface area (Å²) in [6, 6.07) is 6.15. The van der Waals surface area contributed by atoms with Crippen molar-refractivity contribution in [1.29, 1.82) is 0 Å². The molecule has 0 unspecified atom stereocenters. The number of nitrogens with one attached hydrogen (secondary N) is 1. The number of hydrogen-bond acceptors (Lipinski definition) is 3. The summed E-state index contributed by atoms with van der Waals surface area (Å²) in [4.78, 5) is 4.28. The second kappa shape index (κ2) is 6.68. The van der Waals surface area contributed by atoms with E-state index in [1.165, 1.54) is 3.57 Å². The van der Waals surface area contributed by atoms with Gasteiger partial charge in [-0.1, -0.05) is 22.9 Å². The maximum atomic E-state index is 5.75. The molecule has 0 bridgehead atoms. The Morgan fingerprint density at radius 2 is 2.28 bits per heavy atom. The molecule has 0 atom stereocenters. The molecular formula is C13H14BrIN2O. The topological polar surface area (TPSA) is 38.1 Å². The third-order valence-electron chi connectivity index (χ3n) is 2.45. The standard InChI is InChI=1S/C13H14BrIN2O/c1-2-5-16-8-13-17-7-12(18-13)10-6-9(15)3-4-11(10)14/h3-4,6-7,16H,2,5,8H2,1H3. The zero-order valence-electron chi connectivity index (χ0n) is 10.0. The second-order valence-electron chi connectivity index (χ2n) is 3.92. The average Bonchev–Trinajstić information content (AvgIpc) is 2.81. The van der Waals surface area contributed by atoms with Crippen molar-refractivity contribution in [2.75, 3.05) is 6.54 Å². The predicted octanol–water partition coefficient (Wildman–Crippen LogP) is 4.21. The van der Waals surface area contributed by atoms with Gasteiger partial charge in [0.25, 0.3) is 0 Å². The highest BCUT2D eigenvalue weighted by atomic mass is 127. The third-order valence-corrected chi connectivity index (χ3v) is 3.81. The van der Waals surface area contributed by atoms with Gasteiger partial charge in [0, 0.05) is 13.6 Å². The lowest BCUT2D eigenvalue weighted by atomic mass is 10.2. The molecule has 0 radical (unpaired) electrons. The molecule has 2 rings (SSSR count). The van der Waals surface area contributed by atoms with E-state index in [4.69, 9.17) is 4.42 Å². The molecule has 1 N–H and O–H groups in total. The largest absolute Gasteiger partial charge is 0.439 e. The van der Waals surface area contributed by atoms with Crippen LogP contribution in [0.1, 0.15) is 19.2 Å². The number of oxazole rings is 1. The molecule has 0 aliphatic carbocycles. The fourth-order valence-corrected chi connectivity index (χ4v) is 2.51. The Labute approximate surface area is 129 Å². The predicted molar refractivity (Wildman–Crippen MR) is 84.4 cm³/mol. The minimum Gasteiger partial charge on any atom is -0.439 e. The first-order valence-electron chi connectivity index (χ1n) is 5.81. The molecule has 1 aromatic carbocycles. The molecule has 0 aliphatic heterocycles. The van der Waals surface area contributed by atoms with Crippen LogP contribution in [0.15, 0.2) is 33.3 Å². The van der Waals surface area contributed by atoms with E-state index in [1.807, 2.05) is 12.1 Å². The first-order chi connectivity index (χ1) is 8.70. The second-order valence-corrected chi connectivity index (χ2v) is 6.02. The van der Waals surface area contributed by atoms with Crippen molar-refractivity contribution in [1.82, 2.24) is 10.3 Å². The number of aromatic nitrogens is 1. The van der Waals surface area contributed by atoms with Crippen LogP contribution in [-0.2, 0) is 6.54 Å². The minimum atomic E-state index is 0.676. The lowest BCUT2D eigenvalue weighted by molar-refractivity contribution is 0.477. The van der Waals surface area contributed by atoms with Gasteiger partial charge in [-0.25, -0.2) is 4.98 Å². The molecule has 0 spiro atoms. The Morgan fingerprint density at radius 3 is 3.06 bits per heavy atom. The van der Waals surface area contributed by atoms with Gasteiger partial charge in [0.05, 0.1) is 12.7 Å². The van der Waals surface area contributed by atoms with Gasteiger partial charge >= 0.3 is 0 Å². The van der Waals surface area contributed by atoms with E-state index in [9.17, 15) is 0 Å². The zero-order chi connectivity index (χ0) is 13.0. The highest BCUT2D eigenvalue weighted by molar-refractivity contribution is 14.1. The third kappa shape index (κ3) is 3.55. The lowest BCUT2D eigenvalue weighted by Gasteiger charge is -2.01. The van der Waals surface area contributed by atoms with Crippen molar-refractivity contribution in [2.24, 2.45) is 0 Å². The van der Waals surface area contributed by atoms with E-state index >= 15 is 0 Å². The maximum Gasteiger partial charge on any atom is 0.208 e. The molecule has 96 valence electrons. The molecule has 18 heavy (non-hydrogen) atoms. The van der Waals surface area contributed by atoms with Crippen LogP contribution in [0.3, 0.4) is 0 Å². The SMILES string of the molecule is CCCNCc1ncc(-c2cc(I)ccc2Br)o1. The van der Waals surface area contributed by atoms with Crippen molar-refractivity contribution in [3.63, 3.8) is 0 Å². The summed E-state index contributed by atoms with van der Waals surface area (Å²) in [5.41, 5.74) is 1.04. The summed E-state index contributed by atoms with van der Waals surface area (Å²) in [6.07, 6.45) is 2.88. The van der Waals surface area contributed by atoms with E-state index in [-0.39, 0.29) is 0 Å². The molecule has 0 amide bonds. The minimum absolute atomic E-state index is 0.676. The van der Waals surface area contributed by atoms with Crippen molar-refractivity contribution < 1.29 is 4.42 Å². The van der Waals surface area contributed by atoms with E-state index in [0.717, 1.165) is 34.7 Å². The van der Waals surface area contributed by atoms with Gasteiger partial charge in [0.1, 0.15) is 0 Å². The molecular weight excluding hydrogens is 407 g/mol. The number of nitrogens with zero attached hydrogens (tertiary/aromatic N) is 1. The van der Waals surface area contributed by atoms with E-state index in [0.29, 0.717) is 6.54 Å². The summed E-state index contributed by atoms with van der Waals surface area (Å²) >= 11 is 5.82. The van der Waals surface area contributed by atoms with Crippen LogP contribution in [0.5, 0.6) is 0 Å². The fraction of sp³-hybridized carbons (Fsp3) is 0.308. The van der Waals surface area contributed by atoms with Gasteiger partial charge in [-0.05, 0) is 53.8 Å². The van der Waals surface area contributed by atoms with Gasteiger partial charge in [-0.15, -0.1) is 0 Å². The summed E-state index contributed by atoms with van der Waals surface area (Å²) in [5.74, 6) is 1.53. The van der Waals surface area contributed by atoms with Crippen LogP contribution < -0.4 is 5.32 Å². The van der Waals surface area contributed by atoms with Crippen molar-refractivity contribution in [2.45, 2.75) is 19.9 Å².